The maximum atomic E-state index is 11.5. The van der Waals surface area contributed by atoms with Gasteiger partial charge in [0.05, 0.1) is 4.92 Å². The molecule has 1 aliphatic heterocycles. The van der Waals surface area contributed by atoms with E-state index in [1.165, 1.54) is 18.2 Å². The highest BCUT2D eigenvalue weighted by Gasteiger charge is 2.34. The third-order valence-electron chi connectivity index (χ3n) is 2.43. The van der Waals surface area contributed by atoms with Gasteiger partial charge in [-0.1, -0.05) is 15.9 Å². The molecule has 2 rings (SSSR count). The third kappa shape index (κ3) is 2.05. The molecule has 0 saturated carbocycles. The minimum Gasteiger partial charge on any atom is -0.274 e. The van der Waals surface area contributed by atoms with E-state index < -0.39 is 16.7 Å². The molecule has 0 radical (unpaired) electrons. The van der Waals surface area contributed by atoms with Crippen LogP contribution >= 0.6 is 15.9 Å². The molecule has 7 heteroatoms. The molecule has 0 bridgehead atoms. The van der Waals surface area contributed by atoms with Crippen LogP contribution in [0.25, 0.3) is 0 Å². The van der Waals surface area contributed by atoms with E-state index in [1.807, 2.05) is 0 Å². The van der Waals surface area contributed by atoms with Crippen LogP contribution in [0.1, 0.15) is 12.8 Å². The maximum absolute atomic E-state index is 11.5. The summed E-state index contributed by atoms with van der Waals surface area (Å²) in [5.41, 5.74) is -0.228. The van der Waals surface area contributed by atoms with Gasteiger partial charge < -0.3 is 0 Å². The second-order valence-corrected chi connectivity index (χ2v) is 4.43. The summed E-state index contributed by atoms with van der Waals surface area (Å²) in [5, 5.41) is 10.8. The minimum absolute atomic E-state index is 0.0249. The summed E-state index contributed by atoms with van der Waals surface area (Å²) in [6, 6.07) is 4.16. The molecule has 0 atom stereocenters. The quantitative estimate of drug-likeness (QED) is 0.475. The van der Waals surface area contributed by atoms with Crippen molar-refractivity contribution in [2.45, 2.75) is 12.8 Å². The molecule has 0 N–H and O–H groups in total. The zero-order chi connectivity index (χ0) is 12.6. The molecule has 1 saturated heterocycles. The first-order chi connectivity index (χ1) is 8.00. The zero-order valence-electron chi connectivity index (χ0n) is 8.55. The number of benzene rings is 1. The number of anilines is 1. The van der Waals surface area contributed by atoms with Crippen LogP contribution in [0.4, 0.5) is 11.4 Å². The van der Waals surface area contributed by atoms with Crippen LogP contribution in [-0.2, 0) is 9.59 Å². The van der Waals surface area contributed by atoms with E-state index >= 15 is 0 Å². The highest BCUT2D eigenvalue weighted by Crippen LogP contribution is 2.34. The fourth-order valence-corrected chi connectivity index (χ4v) is 2.02. The van der Waals surface area contributed by atoms with Crippen molar-refractivity contribution in [3.63, 3.8) is 0 Å². The first-order valence-electron chi connectivity index (χ1n) is 4.80. The Bertz CT molecular complexity index is 513. The molecular formula is C10H7BrN2O4. The van der Waals surface area contributed by atoms with Gasteiger partial charge in [-0.05, 0) is 12.1 Å². The van der Waals surface area contributed by atoms with Crippen LogP contribution < -0.4 is 4.90 Å². The van der Waals surface area contributed by atoms with E-state index in [9.17, 15) is 19.7 Å². The summed E-state index contributed by atoms with van der Waals surface area (Å²) in [4.78, 5) is 34.2. The van der Waals surface area contributed by atoms with Crippen LogP contribution in [0.5, 0.6) is 0 Å². The van der Waals surface area contributed by atoms with Gasteiger partial charge in [-0.3, -0.25) is 19.7 Å². The fourth-order valence-electron chi connectivity index (χ4n) is 1.68. The van der Waals surface area contributed by atoms with Gasteiger partial charge in [0.2, 0.25) is 11.8 Å². The molecule has 0 unspecified atom stereocenters. The molecule has 1 heterocycles. The molecule has 1 aromatic carbocycles. The number of hydrogen-bond donors (Lipinski definition) is 0. The molecule has 6 nitrogen and oxygen atoms in total. The van der Waals surface area contributed by atoms with Crippen molar-refractivity contribution in [2.75, 3.05) is 4.90 Å². The molecule has 2 amide bonds. The number of carbonyl (C=O) groups is 2. The molecule has 0 aromatic heterocycles. The maximum Gasteiger partial charge on any atom is 0.293 e. The van der Waals surface area contributed by atoms with E-state index in [0.29, 0.717) is 4.47 Å². The Kier molecular flexibility index (Phi) is 2.93. The van der Waals surface area contributed by atoms with Crippen molar-refractivity contribution in [2.24, 2.45) is 0 Å². The lowest BCUT2D eigenvalue weighted by molar-refractivity contribution is -0.384. The van der Waals surface area contributed by atoms with Gasteiger partial charge in [0.1, 0.15) is 5.69 Å². The Morgan fingerprint density at radius 2 is 1.82 bits per heavy atom. The second-order valence-electron chi connectivity index (χ2n) is 3.51. The van der Waals surface area contributed by atoms with Crippen molar-refractivity contribution in [3.8, 4) is 0 Å². The summed E-state index contributed by atoms with van der Waals surface area (Å²) < 4.78 is 0.575. The standard InChI is InChI=1S/C10H7BrN2O4/c11-6-1-2-7(13(16)17)8(5-6)12-9(14)3-4-10(12)15/h1-2,5H,3-4H2. The zero-order valence-corrected chi connectivity index (χ0v) is 10.1. The lowest BCUT2D eigenvalue weighted by Gasteiger charge is -2.13. The normalized spacial score (nSPS) is 15.5. The van der Waals surface area contributed by atoms with E-state index in [-0.39, 0.29) is 24.2 Å². The van der Waals surface area contributed by atoms with Crippen molar-refractivity contribution >= 4 is 39.1 Å². The monoisotopic (exact) mass is 298 g/mol. The molecular weight excluding hydrogens is 292 g/mol. The number of hydrogen-bond acceptors (Lipinski definition) is 4. The number of carbonyl (C=O) groups excluding carboxylic acids is 2. The van der Waals surface area contributed by atoms with E-state index in [4.69, 9.17) is 0 Å². The van der Waals surface area contributed by atoms with Crippen LogP contribution in [-0.4, -0.2) is 16.7 Å². The molecule has 88 valence electrons. The smallest absolute Gasteiger partial charge is 0.274 e. The third-order valence-corrected chi connectivity index (χ3v) is 2.92. The summed E-state index contributed by atoms with van der Waals surface area (Å²) >= 11 is 3.16. The van der Waals surface area contributed by atoms with Crippen molar-refractivity contribution < 1.29 is 14.5 Å². The Labute approximate surface area is 104 Å². The summed E-state index contributed by atoms with van der Waals surface area (Å²) in [7, 11) is 0. The Balaban J connectivity index is 2.57. The van der Waals surface area contributed by atoms with Crippen molar-refractivity contribution in [1.29, 1.82) is 0 Å². The number of imide groups is 1. The van der Waals surface area contributed by atoms with E-state index in [1.54, 1.807) is 0 Å². The summed E-state index contributed by atoms with van der Waals surface area (Å²) in [6.07, 6.45) is 0.199. The average Bonchev–Trinajstić information content (AvgIpc) is 2.58. The molecule has 0 spiro atoms. The van der Waals surface area contributed by atoms with Crippen LogP contribution in [0, 0.1) is 10.1 Å². The highest BCUT2D eigenvalue weighted by molar-refractivity contribution is 9.10. The number of nitro benzene ring substituents is 1. The number of nitrogens with zero attached hydrogens (tertiary/aromatic N) is 2. The lowest BCUT2D eigenvalue weighted by Crippen LogP contribution is -2.29. The number of amides is 2. The number of nitro groups is 1. The van der Waals surface area contributed by atoms with Gasteiger partial charge in [0.15, 0.2) is 0 Å². The van der Waals surface area contributed by atoms with Crippen LogP contribution in [0.3, 0.4) is 0 Å². The van der Waals surface area contributed by atoms with Gasteiger partial charge >= 0.3 is 0 Å². The molecule has 1 aromatic rings. The van der Waals surface area contributed by atoms with E-state index in [0.717, 1.165) is 4.90 Å². The predicted octanol–water partition coefficient (Wildman–Crippen LogP) is 2.01. The molecule has 0 aliphatic carbocycles. The Morgan fingerprint density at radius 1 is 1.24 bits per heavy atom. The highest BCUT2D eigenvalue weighted by atomic mass is 79.9. The fraction of sp³-hybridized carbons (Fsp3) is 0.200. The summed E-state index contributed by atoms with van der Waals surface area (Å²) in [6.45, 7) is 0. The van der Waals surface area contributed by atoms with Crippen LogP contribution in [0.2, 0.25) is 0 Å². The van der Waals surface area contributed by atoms with Gasteiger partial charge in [-0.25, -0.2) is 4.90 Å². The Hall–Kier alpha value is -1.76. The Morgan fingerprint density at radius 3 is 2.35 bits per heavy atom. The molecule has 17 heavy (non-hydrogen) atoms. The predicted molar refractivity (Wildman–Crippen MR) is 62.5 cm³/mol. The second kappa shape index (κ2) is 4.25. The first-order valence-corrected chi connectivity index (χ1v) is 5.59. The minimum atomic E-state index is -0.610. The van der Waals surface area contributed by atoms with Gasteiger partial charge in [0.25, 0.3) is 5.69 Å². The largest absolute Gasteiger partial charge is 0.293 e. The van der Waals surface area contributed by atoms with Crippen molar-refractivity contribution in [3.05, 3.63) is 32.8 Å². The number of rotatable bonds is 2. The van der Waals surface area contributed by atoms with E-state index in [2.05, 4.69) is 15.9 Å². The number of halogens is 1. The average molecular weight is 299 g/mol. The SMILES string of the molecule is O=C1CCC(=O)N1c1cc(Br)ccc1[N+](=O)[O-]. The van der Waals surface area contributed by atoms with Gasteiger partial charge in [-0.15, -0.1) is 0 Å². The van der Waals surface area contributed by atoms with Gasteiger partial charge in [0, 0.05) is 23.4 Å². The topological polar surface area (TPSA) is 80.5 Å². The molecule has 1 aliphatic rings. The van der Waals surface area contributed by atoms with Crippen LogP contribution in [0.15, 0.2) is 22.7 Å². The summed E-state index contributed by atoms with van der Waals surface area (Å²) in [5.74, 6) is -0.813. The first kappa shape index (κ1) is 11.7. The van der Waals surface area contributed by atoms with Gasteiger partial charge in [-0.2, -0.15) is 0 Å². The van der Waals surface area contributed by atoms with Crippen molar-refractivity contribution in [1.82, 2.24) is 0 Å². The molecule has 1 fully saturated rings. The lowest BCUT2D eigenvalue weighted by atomic mass is 10.2.